The molecule has 8 heteroatoms. The number of hydrogen-bond donors (Lipinski definition) is 1. The van der Waals surface area contributed by atoms with Crippen molar-refractivity contribution in [3.05, 3.63) is 65.5 Å². The van der Waals surface area contributed by atoms with E-state index in [1.165, 1.54) is 31.2 Å². The zero-order valence-corrected chi connectivity index (χ0v) is 19.3. The van der Waals surface area contributed by atoms with Crippen molar-refractivity contribution in [2.24, 2.45) is 11.8 Å². The van der Waals surface area contributed by atoms with Gasteiger partial charge >= 0.3 is 5.97 Å². The maximum Gasteiger partial charge on any atom is 0.327 e. The molecule has 0 radical (unpaired) electrons. The van der Waals surface area contributed by atoms with Crippen molar-refractivity contribution >= 4 is 29.3 Å². The number of nitrogens with zero attached hydrogens (tertiary/aromatic N) is 1. The molecule has 1 N–H and O–H groups in total. The largest absolute Gasteiger partial charge is 0.465 e. The van der Waals surface area contributed by atoms with Crippen molar-refractivity contribution in [3.63, 3.8) is 0 Å². The number of esters is 1. The monoisotopic (exact) mass is 466 g/mol. The third kappa shape index (κ3) is 3.72. The van der Waals surface area contributed by atoms with Crippen molar-refractivity contribution in [2.75, 3.05) is 11.5 Å². The van der Waals surface area contributed by atoms with Gasteiger partial charge < -0.3 is 4.74 Å². The summed E-state index contributed by atoms with van der Waals surface area (Å²) >= 11 is 0. The predicted molar refractivity (Wildman–Crippen MR) is 122 cm³/mol. The lowest BCUT2D eigenvalue weighted by molar-refractivity contribution is -0.155. The molecule has 34 heavy (non-hydrogen) atoms. The molecule has 4 rings (SSSR count). The van der Waals surface area contributed by atoms with Crippen LogP contribution in [0.2, 0.25) is 0 Å². The van der Waals surface area contributed by atoms with E-state index in [0.717, 1.165) is 4.90 Å². The Kier molecular flexibility index (Phi) is 6.36. The molecule has 0 spiro atoms. The molecule has 2 fully saturated rings. The fourth-order valence-corrected chi connectivity index (χ4v) is 5.28. The second-order valence-electron chi connectivity index (χ2n) is 8.74. The van der Waals surface area contributed by atoms with E-state index in [-0.39, 0.29) is 24.5 Å². The van der Waals surface area contributed by atoms with E-state index < -0.39 is 47.0 Å². The summed E-state index contributed by atoms with van der Waals surface area (Å²) in [5.41, 5.74) is -0.339. The number of fused-ring (bicyclic) bond motifs is 1. The van der Waals surface area contributed by atoms with E-state index in [0.29, 0.717) is 17.5 Å². The first-order valence-electron chi connectivity index (χ1n) is 11.4. The average molecular weight is 467 g/mol. The molecule has 7 nitrogen and oxygen atoms in total. The summed E-state index contributed by atoms with van der Waals surface area (Å²) in [6, 6.07) is 11.3. The van der Waals surface area contributed by atoms with Crippen molar-refractivity contribution in [1.82, 2.24) is 5.32 Å². The Labute approximate surface area is 197 Å². The summed E-state index contributed by atoms with van der Waals surface area (Å²) in [6.45, 7) is 5.07. The first-order valence-corrected chi connectivity index (χ1v) is 11.4. The second kappa shape index (κ2) is 9.10. The molecule has 2 saturated heterocycles. The van der Waals surface area contributed by atoms with E-state index in [1.807, 2.05) is 6.92 Å². The molecule has 0 aromatic heterocycles. The van der Waals surface area contributed by atoms with Gasteiger partial charge in [0.1, 0.15) is 11.4 Å². The van der Waals surface area contributed by atoms with Crippen LogP contribution in [-0.4, -0.2) is 35.7 Å². The number of nitrogens with one attached hydrogen (secondary N) is 1. The first-order chi connectivity index (χ1) is 16.2. The molecule has 2 aromatic rings. The smallest absolute Gasteiger partial charge is 0.327 e. The van der Waals surface area contributed by atoms with E-state index in [9.17, 15) is 23.6 Å². The highest BCUT2D eigenvalue weighted by atomic mass is 19.1. The minimum atomic E-state index is -1.44. The lowest BCUT2D eigenvalue weighted by Crippen LogP contribution is -2.56. The molecule has 0 saturated carbocycles. The number of carbonyl (C=O) groups excluding carboxylic acids is 4. The van der Waals surface area contributed by atoms with Crippen LogP contribution in [0.25, 0.3) is 0 Å². The summed E-state index contributed by atoms with van der Waals surface area (Å²) in [5.74, 6) is -4.30. The molecule has 2 aromatic carbocycles. The fraction of sp³-hybridized carbons (Fsp3) is 0.385. The van der Waals surface area contributed by atoms with Gasteiger partial charge in [0.2, 0.25) is 11.8 Å². The maximum atomic E-state index is 14.1. The van der Waals surface area contributed by atoms with Crippen LogP contribution in [0.4, 0.5) is 10.1 Å². The molecule has 0 bridgehead atoms. The molecular formula is C26H27FN2O5. The number of imide groups is 1. The van der Waals surface area contributed by atoms with Crippen molar-refractivity contribution < 1.29 is 28.3 Å². The number of anilines is 1. The number of amides is 2. The summed E-state index contributed by atoms with van der Waals surface area (Å²) in [6.07, 6.45) is 0.811. The molecule has 2 aliphatic heterocycles. The average Bonchev–Trinajstić information content (AvgIpc) is 3.28. The van der Waals surface area contributed by atoms with E-state index in [1.54, 1.807) is 31.2 Å². The topological polar surface area (TPSA) is 92.8 Å². The summed E-state index contributed by atoms with van der Waals surface area (Å²) in [5, 5.41) is 3.23. The Morgan fingerprint density at radius 1 is 1.09 bits per heavy atom. The molecule has 2 heterocycles. The van der Waals surface area contributed by atoms with Crippen molar-refractivity contribution in [3.8, 4) is 0 Å². The van der Waals surface area contributed by atoms with E-state index >= 15 is 0 Å². The quantitative estimate of drug-likeness (QED) is 0.381. The molecular weight excluding hydrogens is 439 g/mol. The van der Waals surface area contributed by atoms with Crippen LogP contribution in [0.1, 0.15) is 55.6 Å². The van der Waals surface area contributed by atoms with Crippen LogP contribution in [0.3, 0.4) is 0 Å². The Morgan fingerprint density at radius 2 is 1.82 bits per heavy atom. The molecule has 2 amide bonds. The Balaban J connectivity index is 1.87. The van der Waals surface area contributed by atoms with Gasteiger partial charge in [0.25, 0.3) is 0 Å². The molecule has 0 aliphatic carbocycles. The number of ketones is 1. The van der Waals surface area contributed by atoms with Gasteiger partial charge in [0.15, 0.2) is 5.78 Å². The highest BCUT2D eigenvalue weighted by Crippen LogP contribution is 2.51. The van der Waals surface area contributed by atoms with Gasteiger partial charge in [-0.1, -0.05) is 37.6 Å². The van der Waals surface area contributed by atoms with Gasteiger partial charge in [-0.05, 0) is 50.1 Å². The Bertz CT molecular complexity index is 1170. The number of Topliss-reactive ketones (excluding diaryl/α,β-unsaturated/α-hetero) is 1. The van der Waals surface area contributed by atoms with Gasteiger partial charge in [-0.3, -0.25) is 24.5 Å². The molecule has 4 atom stereocenters. The van der Waals surface area contributed by atoms with Gasteiger partial charge in [-0.15, -0.1) is 0 Å². The zero-order valence-electron chi connectivity index (χ0n) is 19.3. The maximum absolute atomic E-state index is 14.1. The molecule has 0 unspecified atom stereocenters. The first kappa shape index (κ1) is 23.8. The number of benzene rings is 2. The second-order valence-corrected chi connectivity index (χ2v) is 8.74. The van der Waals surface area contributed by atoms with Crippen molar-refractivity contribution in [2.45, 2.75) is 45.2 Å². The SMILES string of the molecule is CCC[C@]1(C(=O)OCC)N[C@H](c2cccc(F)c2)[C@@H]2C(=O)N(c3cccc(C(C)=O)c3)C(=O)[C@@H]21. The minimum absolute atomic E-state index is 0.112. The molecule has 2 aliphatic rings. The van der Waals surface area contributed by atoms with Crippen LogP contribution in [0, 0.1) is 17.7 Å². The van der Waals surface area contributed by atoms with Gasteiger partial charge in [-0.2, -0.15) is 0 Å². The van der Waals surface area contributed by atoms with Crippen LogP contribution in [-0.2, 0) is 19.1 Å². The summed E-state index contributed by atoms with van der Waals surface area (Å²) in [4.78, 5) is 53.8. The number of ether oxygens (including phenoxy) is 1. The highest BCUT2D eigenvalue weighted by molar-refractivity contribution is 6.24. The Morgan fingerprint density at radius 3 is 2.47 bits per heavy atom. The summed E-state index contributed by atoms with van der Waals surface area (Å²) in [7, 11) is 0. The fourth-order valence-electron chi connectivity index (χ4n) is 5.28. The van der Waals surface area contributed by atoms with Crippen molar-refractivity contribution in [1.29, 1.82) is 0 Å². The zero-order chi connectivity index (χ0) is 24.6. The number of carbonyl (C=O) groups is 4. The standard InChI is InChI=1S/C26H27FN2O5/c1-4-12-26(25(33)34-5-2)21-20(22(28-26)17-9-6-10-18(27)13-17)23(31)29(24(21)32)19-11-7-8-16(14-19)15(3)30/h6-11,13-14,20-22,28H,4-5,12H2,1-3H3/t20-,21-,22-,26+/m1/s1. The number of rotatable bonds is 7. The highest BCUT2D eigenvalue weighted by Gasteiger charge is 2.68. The molecule has 178 valence electrons. The van der Waals surface area contributed by atoms with Crippen LogP contribution < -0.4 is 10.2 Å². The van der Waals surface area contributed by atoms with Crippen LogP contribution in [0.5, 0.6) is 0 Å². The van der Waals surface area contributed by atoms with Crippen LogP contribution >= 0.6 is 0 Å². The minimum Gasteiger partial charge on any atom is -0.465 e. The number of hydrogen-bond acceptors (Lipinski definition) is 6. The van der Waals surface area contributed by atoms with Crippen LogP contribution in [0.15, 0.2) is 48.5 Å². The number of halogens is 1. The lowest BCUT2D eigenvalue weighted by atomic mass is 9.77. The van der Waals surface area contributed by atoms with Gasteiger partial charge in [-0.25, -0.2) is 9.29 Å². The van der Waals surface area contributed by atoms with Gasteiger partial charge in [0, 0.05) is 11.6 Å². The summed E-state index contributed by atoms with van der Waals surface area (Å²) < 4.78 is 19.5. The lowest BCUT2D eigenvalue weighted by Gasteiger charge is -2.32. The van der Waals surface area contributed by atoms with E-state index in [2.05, 4.69) is 5.32 Å². The Hall–Kier alpha value is -3.39. The third-order valence-corrected chi connectivity index (χ3v) is 6.66. The van der Waals surface area contributed by atoms with Gasteiger partial charge in [0.05, 0.1) is 24.1 Å². The predicted octanol–water partition coefficient (Wildman–Crippen LogP) is 3.58. The normalized spacial score (nSPS) is 26.0. The van der Waals surface area contributed by atoms with E-state index in [4.69, 9.17) is 4.74 Å². The third-order valence-electron chi connectivity index (χ3n) is 6.66.